The SMILES string of the molecule is CC(COc1c(Br)cc(C=O)cc1Br)C(N)=O. The smallest absolute Gasteiger partial charge is 0.223 e. The van der Waals surface area contributed by atoms with Gasteiger partial charge in [0.05, 0.1) is 21.5 Å². The van der Waals surface area contributed by atoms with E-state index in [1.54, 1.807) is 19.1 Å². The summed E-state index contributed by atoms with van der Waals surface area (Å²) in [4.78, 5) is 21.5. The molecule has 1 atom stereocenters. The van der Waals surface area contributed by atoms with Crippen molar-refractivity contribution in [2.75, 3.05) is 6.61 Å². The first-order valence-corrected chi connectivity index (χ1v) is 6.40. The van der Waals surface area contributed by atoms with Gasteiger partial charge in [-0.15, -0.1) is 0 Å². The number of carbonyl (C=O) groups excluding carboxylic acids is 2. The van der Waals surface area contributed by atoms with Crippen molar-refractivity contribution in [1.82, 2.24) is 0 Å². The van der Waals surface area contributed by atoms with Crippen molar-refractivity contribution in [3.05, 3.63) is 26.6 Å². The van der Waals surface area contributed by atoms with Gasteiger partial charge in [-0.25, -0.2) is 0 Å². The van der Waals surface area contributed by atoms with Gasteiger partial charge < -0.3 is 10.5 Å². The Morgan fingerprint density at radius 2 is 2.00 bits per heavy atom. The Kier molecular flexibility index (Phi) is 5.14. The molecule has 1 rings (SSSR count). The molecule has 0 aliphatic carbocycles. The highest BCUT2D eigenvalue weighted by molar-refractivity contribution is 9.11. The molecule has 0 aromatic heterocycles. The second-order valence-corrected chi connectivity index (χ2v) is 5.25. The van der Waals surface area contributed by atoms with Gasteiger partial charge in [0.1, 0.15) is 12.0 Å². The fourth-order valence-corrected chi connectivity index (χ4v) is 2.53. The molecule has 6 heteroatoms. The molecule has 0 radical (unpaired) electrons. The second-order valence-electron chi connectivity index (χ2n) is 3.55. The largest absolute Gasteiger partial charge is 0.490 e. The average molecular weight is 365 g/mol. The van der Waals surface area contributed by atoms with Gasteiger partial charge in [0.25, 0.3) is 0 Å². The Balaban J connectivity index is 2.85. The van der Waals surface area contributed by atoms with Crippen molar-refractivity contribution in [1.29, 1.82) is 0 Å². The Morgan fingerprint density at radius 1 is 1.47 bits per heavy atom. The molecule has 1 aromatic rings. The van der Waals surface area contributed by atoms with Crippen LogP contribution >= 0.6 is 31.9 Å². The van der Waals surface area contributed by atoms with Crippen LogP contribution in [0.3, 0.4) is 0 Å². The van der Waals surface area contributed by atoms with Gasteiger partial charge in [-0.05, 0) is 44.0 Å². The van der Waals surface area contributed by atoms with Crippen LogP contribution in [0.15, 0.2) is 21.1 Å². The molecular formula is C11H11Br2NO3. The van der Waals surface area contributed by atoms with Gasteiger partial charge in [-0.3, -0.25) is 9.59 Å². The molecule has 1 aromatic carbocycles. The molecule has 0 saturated heterocycles. The Morgan fingerprint density at radius 3 is 2.41 bits per heavy atom. The average Bonchev–Trinajstić information content (AvgIpc) is 2.27. The van der Waals surface area contributed by atoms with Gasteiger partial charge >= 0.3 is 0 Å². The van der Waals surface area contributed by atoms with Crippen molar-refractivity contribution in [3.8, 4) is 5.75 Å². The monoisotopic (exact) mass is 363 g/mol. The highest BCUT2D eigenvalue weighted by Crippen LogP contribution is 2.34. The number of rotatable bonds is 5. The predicted molar refractivity (Wildman–Crippen MR) is 71.1 cm³/mol. The lowest BCUT2D eigenvalue weighted by atomic mass is 10.2. The van der Waals surface area contributed by atoms with E-state index in [4.69, 9.17) is 10.5 Å². The summed E-state index contributed by atoms with van der Waals surface area (Å²) in [6.07, 6.45) is 0.741. The summed E-state index contributed by atoms with van der Waals surface area (Å²) >= 11 is 6.59. The van der Waals surface area contributed by atoms with Gasteiger partial charge in [0, 0.05) is 5.56 Å². The minimum atomic E-state index is -0.415. The number of carbonyl (C=O) groups is 2. The molecule has 1 amide bonds. The molecule has 0 fully saturated rings. The first-order valence-electron chi connectivity index (χ1n) is 4.82. The molecule has 0 heterocycles. The normalized spacial score (nSPS) is 11.9. The molecule has 4 nitrogen and oxygen atoms in total. The maximum atomic E-state index is 10.9. The first kappa shape index (κ1) is 14.2. The van der Waals surface area contributed by atoms with Crippen LogP contribution < -0.4 is 10.5 Å². The van der Waals surface area contributed by atoms with Gasteiger partial charge in [-0.2, -0.15) is 0 Å². The molecule has 17 heavy (non-hydrogen) atoms. The van der Waals surface area contributed by atoms with Crippen LogP contribution in [0, 0.1) is 5.92 Å². The third-order valence-corrected chi connectivity index (χ3v) is 3.30. The van der Waals surface area contributed by atoms with E-state index < -0.39 is 5.91 Å². The fraction of sp³-hybridized carbons (Fsp3) is 0.273. The fourth-order valence-electron chi connectivity index (χ4n) is 1.08. The zero-order valence-corrected chi connectivity index (χ0v) is 12.2. The van der Waals surface area contributed by atoms with Crippen molar-refractivity contribution < 1.29 is 14.3 Å². The zero-order valence-electron chi connectivity index (χ0n) is 9.07. The lowest BCUT2D eigenvalue weighted by Gasteiger charge is -2.13. The summed E-state index contributed by atoms with van der Waals surface area (Å²) in [5.74, 6) is -0.245. The summed E-state index contributed by atoms with van der Waals surface area (Å²) in [5, 5.41) is 0. The van der Waals surface area contributed by atoms with Crippen molar-refractivity contribution in [3.63, 3.8) is 0 Å². The zero-order chi connectivity index (χ0) is 13.0. The van der Waals surface area contributed by atoms with E-state index in [9.17, 15) is 9.59 Å². The Labute approximate surface area is 116 Å². The van der Waals surface area contributed by atoms with E-state index in [-0.39, 0.29) is 12.5 Å². The topological polar surface area (TPSA) is 69.4 Å². The third kappa shape index (κ3) is 3.81. The van der Waals surface area contributed by atoms with Crippen molar-refractivity contribution >= 4 is 44.1 Å². The number of ether oxygens (including phenoxy) is 1. The summed E-state index contributed by atoms with van der Waals surface area (Å²) in [7, 11) is 0. The lowest BCUT2D eigenvalue weighted by molar-refractivity contribution is -0.122. The van der Waals surface area contributed by atoms with E-state index in [0.717, 1.165) is 6.29 Å². The van der Waals surface area contributed by atoms with E-state index in [0.29, 0.717) is 20.3 Å². The number of halogens is 2. The van der Waals surface area contributed by atoms with E-state index >= 15 is 0 Å². The van der Waals surface area contributed by atoms with Crippen LogP contribution in [0.1, 0.15) is 17.3 Å². The Hall–Kier alpha value is -0.880. The summed E-state index contributed by atoms with van der Waals surface area (Å²) in [6, 6.07) is 3.28. The van der Waals surface area contributed by atoms with Crippen LogP contribution in [0.25, 0.3) is 0 Å². The number of benzene rings is 1. The number of amides is 1. The minimum absolute atomic E-state index is 0.187. The van der Waals surface area contributed by atoms with Gasteiger partial charge in [0.2, 0.25) is 5.91 Å². The third-order valence-electron chi connectivity index (χ3n) is 2.12. The van der Waals surface area contributed by atoms with Crippen LogP contribution in [0.4, 0.5) is 0 Å². The quantitative estimate of drug-likeness (QED) is 0.816. The highest BCUT2D eigenvalue weighted by Gasteiger charge is 2.13. The van der Waals surface area contributed by atoms with Crippen LogP contribution in [0.2, 0.25) is 0 Å². The lowest BCUT2D eigenvalue weighted by Crippen LogP contribution is -2.25. The van der Waals surface area contributed by atoms with E-state index in [2.05, 4.69) is 31.9 Å². The molecule has 1 unspecified atom stereocenters. The molecule has 0 saturated carbocycles. The highest BCUT2D eigenvalue weighted by atomic mass is 79.9. The van der Waals surface area contributed by atoms with Crippen LogP contribution in [0.5, 0.6) is 5.75 Å². The second kappa shape index (κ2) is 6.16. The first-order chi connectivity index (χ1) is 7.95. The van der Waals surface area contributed by atoms with Gasteiger partial charge in [0.15, 0.2) is 0 Å². The van der Waals surface area contributed by atoms with Crippen LogP contribution in [-0.2, 0) is 4.79 Å². The number of nitrogens with two attached hydrogens (primary N) is 1. The molecule has 2 N–H and O–H groups in total. The molecule has 0 bridgehead atoms. The Bertz CT molecular complexity index is 425. The molecule has 0 spiro atoms. The number of primary amides is 1. The van der Waals surface area contributed by atoms with Crippen molar-refractivity contribution in [2.24, 2.45) is 11.7 Å². The van der Waals surface area contributed by atoms with Crippen LogP contribution in [-0.4, -0.2) is 18.8 Å². The summed E-state index contributed by atoms with van der Waals surface area (Å²) in [5.41, 5.74) is 5.66. The maximum absolute atomic E-state index is 10.9. The summed E-state index contributed by atoms with van der Waals surface area (Å²) < 4.78 is 6.77. The number of hydrogen-bond acceptors (Lipinski definition) is 3. The van der Waals surface area contributed by atoms with E-state index in [1.807, 2.05) is 0 Å². The molecule has 92 valence electrons. The molecular weight excluding hydrogens is 354 g/mol. The predicted octanol–water partition coefficient (Wildman–Crippen LogP) is 2.52. The standard InChI is InChI=1S/C11H11Br2NO3/c1-6(11(14)16)5-17-10-8(12)2-7(4-15)3-9(10)13/h2-4,6H,5H2,1H3,(H2,14,16). The number of hydrogen-bond donors (Lipinski definition) is 1. The molecule has 0 aliphatic rings. The molecule has 0 aliphatic heterocycles. The van der Waals surface area contributed by atoms with E-state index in [1.165, 1.54) is 0 Å². The van der Waals surface area contributed by atoms with Crippen molar-refractivity contribution in [2.45, 2.75) is 6.92 Å². The maximum Gasteiger partial charge on any atom is 0.223 e. The van der Waals surface area contributed by atoms with Gasteiger partial charge in [-0.1, -0.05) is 6.92 Å². The summed E-state index contributed by atoms with van der Waals surface area (Å²) in [6.45, 7) is 1.87. The number of aldehydes is 1. The minimum Gasteiger partial charge on any atom is -0.490 e.